The molecular formula is C9H9ClO3. The molecule has 13 heavy (non-hydrogen) atoms. The molecule has 1 aromatic carbocycles. The Kier molecular flexibility index (Phi) is 3.14. The molecule has 1 N–H and O–H groups in total. The van der Waals surface area contributed by atoms with Crippen molar-refractivity contribution in [2.45, 2.75) is 6.42 Å². The van der Waals surface area contributed by atoms with E-state index in [4.69, 9.17) is 11.6 Å². The van der Waals surface area contributed by atoms with Crippen molar-refractivity contribution < 1.29 is 14.6 Å². The third-order valence-electron chi connectivity index (χ3n) is 1.62. The number of rotatable bonds is 2. The molecule has 0 aliphatic heterocycles. The Morgan fingerprint density at radius 3 is 2.92 bits per heavy atom. The number of phenolic OH excluding ortho intramolecular Hbond substituents is 1. The van der Waals surface area contributed by atoms with Crippen LogP contribution in [0, 0.1) is 0 Å². The van der Waals surface area contributed by atoms with Crippen LogP contribution in [0.25, 0.3) is 0 Å². The second-order valence-electron chi connectivity index (χ2n) is 2.50. The predicted octanol–water partition coefficient (Wildman–Crippen LogP) is 1.76. The highest BCUT2D eigenvalue weighted by molar-refractivity contribution is 6.32. The van der Waals surface area contributed by atoms with Crippen molar-refractivity contribution >= 4 is 17.6 Å². The van der Waals surface area contributed by atoms with Gasteiger partial charge >= 0.3 is 5.97 Å². The lowest BCUT2D eigenvalue weighted by molar-refractivity contribution is -0.139. The normalized spacial score (nSPS) is 9.69. The highest BCUT2D eigenvalue weighted by Gasteiger charge is 2.09. The number of benzene rings is 1. The van der Waals surface area contributed by atoms with E-state index < -0.39 is 0 Å². The summed E-state index contributed by atoms with van der Waals surface area (Å²) in [6, 6.07) is 4.75. The van der Waals surface area contributed by atoms with E-state index in [1.807, 2.05) is 0 Å². The van der Waals surface area contributed by atoms with Crippen LogP contribution in [0.15, 0.2) is 18.2 Å². The lowest BCUT2D eigenvalue weighted by atomic mass is 10.1. The molecule has 0 heterocycles. The van der Waals surface area contributed by atoms with Crippen LogP contribution in [0.4, 0.5) is 0 Å². The first-order chi connectivity index (χ1) is 6.15. The molecule has 0 unspecified atom stereocenters. The van der Waals surface area contributed by atoms with Gasteiger partial charge in [-0.25, -0.2) is 0 Å². The zero-order chi connectivity index (χ0) is 9.84. The molecule has 0 radical (unpaired) electrons. The van der Waals surface area contributed by atoms with E-state index in [1.165, 1.54) is 13.2 Å². The molecule has 0 aliphatic rings. The first-order valence-electron chi connectivity index (χ1n) is 3.68. The van der Waals surface area contributed by atoms with Gasteiger partial charge in [0.2, 0.25) is 0 Å². The number of aromatic hydroxyl groups is 1. The first kappa shape index (κ1) is 9.86. The monoisotopic (exact) mass is 200 g/mol. The smallest absolute Gasteiger partial charge is 0.310 e. The van der Waals surface area contributed by atoms with Crippen LogP contribution < -0.4 is 0 Å². The summed E-state index contributed by atoms with van der Waals surface area (Å²) in [5, 5.41) is 9.40. The highest BCUT2D eigenvalue weighted by atomic mass is 35.5. The molecule has 0 amide bonds. The van der Waals surface area contributed by atoms with Gasteiger partial charge in [0.1, 0.15) is 5.75 Å². The maximum Gasteiger partial charge on any atom is 0.310 e. The SMILES string of the molecule is COC(=O)Cc1cccc(O)c1Cl. The van der Waals surface area contributed by atoms with Crippen LogP contribution >= 0.6 is 11.6 Å². The number of hydrogen-bond donors (Lipinski definition) is 1. The van der Waals surface area contributed by atoms with Crippen LogP contribution in [0.2, 0.25) is 5.02 Å². The van der Waals surface area contributed by atoms with Gasteiger partial charge in [-0.15, -0.1) is 0 Å². The van der Waals surface area contributed by atoms with Crippen molar-refractivity contribution in [3.05, 3.63) is 28.8 Å². The van der Waals surface area contributed by atoms with Gasteiger partial charge in [0.25, 0.3) is 0 Å². The molecule has 1 rings (SSSR count). The number of methoxy groups -OCH3 is 1. The average molecular weight is 201 g/mol. The standard InChI is InChI=1S/C9H9ClO3/c1-13-8(12)5-6-3-2-4-7(11)9(6)10/h2-4,11H,5H2,1H3. The fraction of sp³-hybridized carbons (Fsp3) is 0.222. The molecule has 0 bridgehead atoms. The maximum atomic E-state index is 10.9. The Balaban J connectivity index is 2.89. The number of phenols is 1. The van der Waals surface area contributed by atoms with E-state index in [0.717, 1.165) is 0 Å². The summed E-state index contributed by atoms with van der Waals surface area (Å²) < 4.78 is 4.47. The maximum absolute atomic E-state index is 10.9. The topological polar surface area (TPSA) is 46.5 Å². The quantitative estimate of drug-likeness (QED) is 0.740. The van der Waals surface area contributed by atoms with Crippen LogP contribution in [-0.4, -0.2) is 18.2 Å². The number of carbonyl (C=O) groups is 1. The lowest BCUT2D eigenvalue weighted by Gasteiger charge is -2.03. The molecule has 1 aromatic rings. The van der Waals surface area contributed by atoms with Crippen molar-refractivity contribution in [2.75, 3.05) is 7.11 Å². The number of hydrogen-bond acceptors (Lipinski definition) is 3. The van der Waals surface area contributed by atoms with E-state index in [0.29, 0.717) is 5.56 Å². The fourth-order valence-corrected chi connectivity index (χ4v) is 1.12. The van der Waals surface area contributed by atoms with E-state index >= 15 is 0 Å². The molecular weight excluding hydrogens is 192 g/mol. The van der Waals surface area contributed by atoms with Crippen molar-refractivity contribution in [3.8, 4) is 5.75 Å². The van der Waals surface area contributed by atoms with Gasteiger partial charge in [0.05, 0.1) is 18.6 Å². The van der Waals surface area contributed by atoms with Gasteiger partial charge < -0.3 is 9.84 Å². The minimum atomic E-state index is -0.382. The Labute approximate surface area is 80.9 Å². The molecule has 3 nitrogen and oxygen atoms in total. The number of carbonyl (C=O) groups excluding carboxylic acids is 1. The average Bonchev–Trinajstić information content (AvgIpc) is 2.13. The Hall–Kier alpha value is -1.22. The molecule has 4 heteroatoms. The summed E-state index contributed by atoms with van der Waals surface area (Å²) in [7, 11) is 1.30. The zero-order valence-corrected chi connectivity index (χ0v) is 7.84. The molecule has 0 saturated carbocycles. The summed E-state index contributed by atoms with van der Waals surface area (Å²) in [6.45, 7) is 0. The Morgan fingerprint density at radius 2 is 2.31 bits per heavy atom. The third-order valence-corrected chi connectivity index (χ3v) is 2.06. The summed E-state index contributed by atoms with van der Waals surface area (Å²) in [5.74, 6) is -0.407. The zero-order valence-electron chi connectivity index (χ0n) is 7.08. The highest BCUT2D eigenvalue weighted by Crippen LogP contribution is 2.26. The van der Waals surface area contributed by atoms with Crippen molar-refractivity contribution in [3.63, 3.8) is 0 Å². The van der Waals surface area contributed by atoms with E-state index in [-0.39, 0.29) is 23.2 Å². The van der Waals surface area contributed by atoms with Gasteiger partial charge in [0, 0.05) is 0 Å². The molecule has 70 valence electrons. The van der Waals surface area contributed by atoms with Crippen molar-refractivity contribution in [1.29, 1.82) is 0 Å². The Bertz CT molecular complexity index is 323. The molecule has 0 aliphatic carbocycles. The van der Waals surface area contributed by atoms with Crippen LogP contribution in [0.3, 0.4) is 0 Å². The minimum Gasteiger partial charge on any atom is -0.506 e. The Morgan fingerprint density at radius 1 is 1.62 bits per heavy atom. The van der Waals surface area contributed by atoms with Crippen LogP contribution in [-0.2, 0) is 16.0 Å². The number of ether oxygens (including phenoxy) is 1. The predicted molar refractivity (Wildman–Crippen MR) is 48.8 cm³/mol. The van der Waals surface area contributed by atoms with E-state index in [1.54, 1.807) is 12.1 Å². The first-order valence-corrected chi connectivity index (χ1v) is 4.06. The van der Waals surface area contributed by atoms with Crippen LogP contribution in [0.1, 0.15) is 5.56 Å². The van der Waals surface area contributed by atoms with Crippen molar-refractivity contribution in [2.24, 2.45) is 0 Å². The minimum absolute atomic E-state index is 0.0249. The summed E-state index contributed by atoms with van der Waals surface area (Å²) in [6.07, 6.45) is 0.0731. The van der Waals surface area contributed by atoms with E-state index in [2.05, 4.69) is 4.74 Å². The van der Waals surface area contributed by atoms with Gasteiger partial charge in [-0.3, -0.25) is 4.79 Å². The third kappa shape index (κ3) is 2.36. The number of esters is 1. The summed E-state index contributed by atoms with van der Waals surface area (Å²) in [5.41, 5.74) is 0.563. The summed E-state index contributed by atoms with van der Waals surface area (Å²) >= 11 is 5.74. The van der Waals surface area contributed by atoms with Gasteiger partial charge in [-0.05, 0) is 11.6 Å². The van der Waals surface area contributed by atoms with Gasteiger partial charge in [-0.1, -0.05) is 23.7 Å². The van der Waals surface area contributed by atoms with Crippen LogP contribution in [0.5, 0.6) is 5.75 Å². The lowest BCUT2D eigenvalue weighted by Crippen LogP contribution is -2.04. The molecule has 0 spiro atoms. The second kappa shape index (κ2) is 4.14. The molecule has 0 aromatic heterocycles. The van der Waals surface area contributed by atoms with Gasteiger partial charge in [-0.2, -0.15) is 0 Å². The molecule has 0 fully saturated rings. The van der Waals surface area contributed by atoms with Crippen molar-refractivity contribution in [1.82, 2.24) is 0 Å². The second-order valence-corrected chi connectivity index (χ2v) is 2.88. The summed E-state index contributed by atoms with van der Waals surface area (Å²) in [4.78, 5) is 10.9. The largest absolute Gasteiger partial charge is 0.506 e. The molecule has 0 atom stereocenters. The molecule has 0 saturated heterocycles. The number of halogens is 1. The fourth-order valence-electron chi connectivity index (χ4n) is 0.930. The van der Waals surface area contributed by atoms with E-state index in [9.17, 15) is 9.90 Å². The van der Waals surface area contributed by atoms with Gasteiger partial charge in [0.15, 0.2) is 0 Å².